The first kappa shape index (κ1) is 35.6. The van der Waals surface area contributed by atoms with Crippen molar-refractivity contribution in [3.8, 4) is 0 Å². The van der Waals surface area contributed by atoms with Crippen LogP contribution in [0.3, 0.4) is 0 Å². The van der Waals surface area contributed by atoms with Crippen molar-refractivity contribution >= 4 is 41.5 Å². The largest absolute Gasteiger partial charge is 0.545 e. The zero-order chi connectivity index (χ0) is 35.7. The molecule has 5 rings (SSSR count). The van der Waals surface area contributed by atoms with Gasteiger partial charge in [-0.05, 0) is 61.3 Å². The molecule has 0 fully saturated rings. The average molecular weight is 697 g/mol. The number of fused-ring (bicyclic) bond motifs is 1. The van der Waals surface area contributed by atoms with Gasteiger partial charge in [-0.15, -0.1) is 0 Å². The van der Waals surface area contributed by atoms with Gasteiger partial charge in [-0.3, -0.25) is 9.10 Å². The lowest BCUT2D eigenvalue weighted by molar-refractivity contribution is -0.136. The number of esters is 1. The normalized spacial score (nSPS) is 19.6. The molecule has 0 aliphatic carbocycles. The summed E-state index contributed by atoms with van der Waals surface area (Å²) in [5, 5.41) is -0.263. The van der Waals surface area contributed by atoms with Gasteiger partial charge in [-0.1, -0.05) is 105 Å². The van der Waals surface area contributed by atoms with Crippen molar-refractivity contribution < 1.29 is 27.2 Å². The molecule has 8 nitrogen and oxygen atoms in total. The van der Waals surface area contributed by atoms with E-state index in [0.717, 1.165) is 16.7 Å². The van der Waals surface area contributed by atoms with Gasteiger partial charge in [0.15, 0.2) is 5.78 Å². The number of allylic oxidation sites excluding steroid dienone is 2. The molecule has 1 atom stereocenters. The van der Waals surface area contributed by atoms with Gasteiger partial charge in [0, 0.05) is 17.5 Å². The van der Waals surface area contributed by atoms with E-state index in [4.69, 9.17) is 9.16 Å². The summed E-state index contributed by atoms with van der Waals surface area (Å²) in [6.07, 6.45) is 7.33. The molecule has 2 aliphatic rings. The maximum Gasteiger partial charge on any atom is 0.339 e. The average Bonchev–Trinajstić information content (AvgIpc) is 3.05. The minimum atomic E-state index is -4.17. The number of ketones is 1. The molecule has 0 bridgehead atoms. The van der Waals surface area contributed by atoms with Gasteiger partial charge in [-0.2, -0.15) is 0 Å². The number of benzene rings is 3. The fraction of sp³-hybridized carbons (Fsp3) is 0.282. The van der Waals surface area contributed by atoms with Gasteiger partial charge in [0.25, 0.3) is 10.0 Å². The Morgan fingerprint density at radius 2 is 1.49 bits per heavy atom. The first-order chi connectivity index (χ1) is 23.0. The third-order valence-corrected chi connectivity index (χ3v) is 15.5. The molecule has 3 aromatic rings. The maximum atomic E-state index is 14.6. The van der Waals surface area contributed by atoms with Crippen LogP contribution in [0, 0.1) is 6.92 Å². The molecule has 0 amide bonds. The zero-order valence-electron chi connectivity index (χ0n) is 29.4. The van der Waals surface area contributed by atoms with Crippen LogP contribution in [0.1, 0.15) is 54.7 Å². The number of carbonyl (C=O) groups is 2. The smallest absolute Gasteiger partial charge is 0.339 e. The van der Waals surface area contributed by atoms with E-state index in [1.54, 1.807) is 42.6 Å². The zero-order valence-corrected chi connectivity index (χ0v) is 31.2. The molecule has 0 N–H and O–H groups in total. The van der Waals surface area contributed by atoms with Crippen LogP contribution in [0.5, 0.6) is 0 Å². The number of Topliss-reactive ketones (excluding diaryl/α,β-unsaturated/α-hetero) is 1. The van der Waals surface area contributed by atoms with Crippen molar-refractivity contribution in [2.24, 2.45) is 0 Å². The highest BCUT2D eigenvalue weighted by Gasteiger charge is 2.44. The molecule has 2 heterocycles. The van der Waals surface area contributed by atoms with Crippen LogP contribution in [0.25, 0.3) is 11.4 Å². The van der Waals surface area contributed by atoms with Gasteiger partial charge < -0.3 is 14.1 Å². The van der Waals surface area contributed by atoms with E-state index < -0.39 is 30.4 Å². The molecule has 256 valence electrons. The van der Waals surface area contributed by atoms with Crippen molar-refractivity contribution in [1.82, 2.24) is 9.21 Å². The van der Waals surface area contributed by atoms with Crippen LogP contribution in [-0.4, -0.2) is 57.4 Å². The number of hydrogen-bond donors (Lipinski definition) is 0. The third-order valence-electron chi connectivity index (χ3n) is 9.38. The Hall–Kier alpha value is -4.67. The Morgan fingerprint density at radius 3 is 2.06 bits per heavy atom. The number of hydrogen-bond acceptors (Lipinski definition) is 7. The fourth-order valence-corrected chi connectivity index (χ4v) is 7.91. The van der Waals surface area contributed by atoms with E-state index in [0.29, 0.717) is 17.0 Å². The molecule has 2 aliphatic heterocycles. The van der Waals surface area contributed by atoms with Crippen molar-refractivity contribution in [2.75, 3.05) is 13.7 Å². The molecule has 10 heteroatoms. The Balaban J connectivity index is 1.85. The molecule has 0 saturated heterocycles. The lowest BCUT2D eigenvalue weighted by Crippen LogP contribution is -2.46. The van der Waals surface area contributed by atoms with E-state index in [-0.39, 0.29) is 33.6 Å². The second kappa shape index (κ2) is 13.7. The molecular weight excluding hydrogens is 653 g/mol. The monoisotopic (exact) mass is 696 g/mol. The minimum absolute atomic E-state index is 0.0571. The quantitative estimate of drug-likeness (QED) is 0.134. The Bertz CT molecular complexity index is 1970. The number of nitrogens with zero attached hydrogens (tertiary/aromatic N) is 2. The summed E-state index contributed by atoms with van der Waals surface area (Å²) in [5.74, 6) is -0.438. The highest BCUT2D eigenvalue weighted by atomic mass is 32.2. The Labute approximate surface area is 291 Å². The first-order valence-corrected chi connectivity index (χ1v) is 20.6. The molecule has 49 heavy (non-hydrogen) atoms. The first-order valence-electron chi connectivity index (χ1n) is 16.2. The minimum Gasteiger partial charge on any atom is -0.545 e. The van der Waals surface area contributed by atoms with Crippen molar-refractivity contribution in [1.29, 1.82) is 0 Å². The van der Waals surface area contributed by atoms with E-state index in [9.17, 15) is 18.0 Å². The van der Waals surface area contributed by atoms with Gasteiger partial charge in [0.2, 0.25) is 8.32 Å². The summed E-state index contributed by atoms with van der Waals surface area (Å²) < 4.78 is 42.9. The van der Waals surface area contributed by atoms with Gasteiger partial charge >= 0.3 is 5.97 Å². The van der Waals surface area contributed by atoms with Crippen LogP contribution < -0.4 is 0 Å². The van der Waals surface area contributed by atoms with Crippen LogP contribution >= 0.6 is 0 Å². The number of rotatable bonds is 8. The molecule has 0 aromatic heterocycles. The highest BCUT2D eigenvalue weighted by molar-refractivity contribution is 7.89. The third kappa shape index (κ3) is 7.21. The van der Waals surface area contributed by atoms with Gasteiger partial charge in [-0.25, -0.2) is 13.2 Å². The Morgan fingerprint density at radius 1 is 0.878 bits per heavy atom. The van der Waals surface area contributed by atoms with Crippen molar-refractivity contribution in [2.45, 2.75) is 63.7 Å². The lowest BCUT2D eigenvalue weighted by Gasteiger charge is -2.43. The number of ether oxygens (including phenoxy) is 1. The number of sulfonamides is 1. The summed E-state index contributed by atoms with van der Waals surface area (Å²) in [7, 11) is -5.49. The summed E-state index contributed by atoms with van der Waals surface area (Å²) in [5.41, 5.74) is 4.44. The van der Waals surface area contributed by atoms with Crippen molar-refractivity contribution in [3.05, 3.63) is 137 Å². The fourth-order valence-electron chi connectivity index (χ4n) is 5.54. The predicted octanol–water partition coefficient (Wildman–Crippen LogP) is 7.93. The number of aryl methyl sites for hydroxylation is 1. The number of methoxy groups -OCH3 is 1. The highest BCUT2D eigenvalue weighted by Crippen LogP contribution is 2.43. The summed E-state index contributed by atoms with van der Waals surface area (Å²) in [6, 6.07) is 22.7. The Kier molecular flexibility index (Phi) is 9.95. The van der Waals surface area contributed by atoms with Crippen LogP contribution in [0.2, 0.25) is 18.1 Å². The van der Waals surface area contributed by atoms with Crippen molar-refractivity contribution in [3.63, 3.8) is 0 Å². The van der Waals surface area contributed by atoms with Crippen LogP contribution in [0.4, 0.5) is 0 Å². The standard InChI is InChI=1S/C39H44N2O6SSi/c1-27-17-23-32(24-18-27)48(44,45)40-25-35(30-13-10-9-11-14-30)41-33(31-21-19-29(20-22-31)28(2)42)15-12-16-34(41)37(38(43)46-6)36(26-40)47-49(7,8)39(3,4)5/h9-25,34H,26H2,1-8H3/b35-25-,37-36-. The van der Waals surface area contributed by atoms with E-state index in [1.807, 2.05) is 72.5 Å². The predicted molar refractivity (Wildman–Crippen MR) is 196 cm³/mol. The molecule has 0 radical (unpaired) electrons. The van der Waals surface area contributed by atoms with E-state index in [1.165, 1.54) is 18.3 Å². The maximum absolute atomic E-state index is 14.6. The molecular formula is C39H44N2O6SSi. The van der Waals surface area contributed by atoms with E-state index in [2.05, 4.69) is 33.9 Å². The summed E-state index contributed by atoms with van der Waals surface area (Å²) in [4.78, 5) is 28.3. The molecule has 0 spiro atoms. The number of carbonyl (C=O) groups excluding carboxylic acids is 2. The van der Waals surface area contributed by atoms with E-state index >= 15 is 0 Å². The summed E-state index contributed by atoms with van der Waals surface area (Å²) in [6.45, 7) is 13.6. The SMILES string of the molecule is COC(=O)/C1=C(\O[Si](C)(C)C(C)(C)C)CN(S(=O)(=O)c2ccc(C)cc2)/C=C(/c2ccccc2)N2C(c3ccc(C(C)=O)cc3)=CC=CC12. The molecule has 0 saturated carbocycles. The molecule has 1 unspecified atom stereocenters. The lowest BCUT2D eigenvalue weighted by atomic mass is 9.94. The molecule has 3 aromatic carbocycles. The second-order valence-corrected chi connectivity index (χ2v) is 20.4. The van der Waals surface area contributed by atoms with Crippen LogP contribution in [-0.2, 0) is 24.0 Å². The second-order valence-electron chi connectivity index (χ2n) is 13.8. The van der Waals surface area contributed by atoms with Gasteiger partial charge in [0.1, 0.15) is 11.3 Å². The van der Waals surface area contributed by atoms with Gasteiger partial charge in [0.05, 0.1) is 30.3 Å². The summed E-state index contributed by atoms with van der Waals surface area (Å²) >= 11 is 0. The topological polar surface area (TPSA) is 93.2 Å². The van der Waals surface area contributed by atoms with Crippen LogP contribution in [0.15, 0.2) is 120 Å².